The summed E-state index contributed by atoms with van der Waals surface area (Å²) in [6.07, 6.45) is 4.11. The topological polar surface area (TPSA) is 64.2 Å². The van der Waals surface area contributed by atoms with Gasteiger partial charge in [-0.15, -0.1) is 0 Å². The smallest absolute Gasteiger partial charge is 0.171 e. The van der Waals surface area contributed by atoms with Gasteiger partial charge < -0.3 is 14.5 Å². The number of carbonyl (C=O) groups is 1. The Morgan fingerprint density at radius 3 is 3.12 bits per heavy atom. The standard InChI is InChI=1S/C18H15BrN2O3/c1-23-12-2-3-16-10(5-12)4-11(9-24-16)18(22)14-8-20-15-6-17(19)21-7-13(14)15/h2-3,5-8,11,20H,4,9H2,1H3/t11-/m0/s1. The molecule has 0 spiro atoms. The van der Waals surface area contributed by atoms with Gasteiger partial charge in [-0.05, 0) is 52.2 Å². The third-order valence-electron chi connectivity index (χ3n) is 4.34. The number of methoxy groups -OCH3 is 1. The van der Waals surface area contributed by atoms with Gasteiger partial charge >= 0.3 is 0 Å². The molecule has 6 heteroatoms. The highest BCUT2D eigenvalue weighted by atomic mass is 79.9. The van der Waals surface area contributed by atoms with Crippen molar-refractivity contribution in [2.24, 2.45) is 5.92 Å². The number of H-pyrrole nitrogens is 1. The number of aromatic nitrogens is 2. The summed E-state index contributed by atoms with van der Waals surface area (Å²) in [5.41, 5.74) is 2.55. The summed E-state index contributed by atoms with van der Waals surface area (Å²) in [6.45, 7) is 0.384. The Hall–Kier alpha value is -2.34. The van der Waals surface area contributed by atoms with Crippen LogP contribution in [-0.2, 0) is 6.42 Å². The number of carbonyl (C=O) groups excluding carboxylic acids is 1. The van der Waals surface area contributed by atoms with Crippen molar-refractivity contribution in [2.45, 2.75) is 6.42 Å². The van der Waals surface area contributed by atoms with E-state index < -0.39 is 0 Å². The summed E-state index contributed by atoms with van der Waals surface area (Å²) in [6, 6.07) is 7.55. The Balaban J connectivity index is 1.65. The number of pyridine rings is 1. The first-order valence-electron chi connectivity index (χ1n) is 7.62. The molecule has 0 bridgehead atoms. The van der Waals surface area contributed by atoms with Gasteiger partial charge in [-0.3, -0.25) is 4.79 Å². The van der Waals surface area contributed by atoms with E-state index in [9.17, 15) is 4.79 Å². The molecule has 0 radical (unpaired) electrons. The van der Waals surface area contributed by atoms with E-state index in [1.165, 1.54) is 0 Å². The molecule has 122 valence electrons. The zero-order valence-corrected chi connectivity index (χ0v) is 14.6. The Kier molecular flexibility index (Phi) is 3.76. The largest absolute Gasteiger partial charge is 0.497 e. The van der Waals surface area contributed by atoms with Gasteiger partial charge in [0, 0.05) is 23.3 Å². The van der Waals surface area contributed by atoms with E-state index in [4.69, 9.17) is 9.47 Å². The zero-order valence-electron chi connectivity index (χ0n) is 13.0. The molecule has 5 nitrogen and oxygen atoms in total. The van der Waals surface area contributed by atoms with Crippen LogP contribution >= 0.6 is 15.9 Å². The molecule has 24 heavy (non-hydrogen) atoms. The second-order valence-electron chi connectivity index (χ2n) is 5.80. The summed E-state index contributed by atoms with van der Waals surface area (Å²) in [5.74, 6) is 1.45. The molecule has 0 saturated heterocycles. The fourth-order valence-corrected chi connectivity index (χ4v) is 3.41. The van der Waals surface area contributed by atoms with E-state index in [0.29, 0.717) is 18.6 Å². The lowest BCUT2D eigenvalue weighted by molar-refractivity contribution is 0.0856. The Morgan fingerprint density at radius 1 is 1.42 bits per heavy atom. The number of halogens is 1. The molecular formula is C18H15BrN2O3. The van der Waals surface area contributed by atoms with E-state index in [1.54, 1.807) is 19.5 Å². The molecule has 0 aliphatic carbocycles. The number of hydrogen-bond acceptors (Lipinski definition) is 4. The summed E-state index contributed by atoms with van der Waals surface area (Å²) < 4.78 is 11.8. The summed E-state index contributed by atoms with van der Waals surface area (Å²) in [5, 5.41) is 0.833. The molecule has 3 heterocycles. The highest BCUT2D eigenvalue weighted by Crippen LogP contribution is 2.33. The molecule has 1 N–H and O–H groups in total. The van der Waals surface area contributed by atoms with Gasteiger partial charge in [0.2, 0.25) is 0 Å². The van der Waals surface area contributed by atoms with Crippen molar-refractivity contribution in [1.82, 2.24) is 9.97 Å². The molecule has 2 aromatic heterocycles. The highest BCUT2D eigenvalue weighted by molar-refractivity contribution is 9.10. The zero-order chi connectivity index (χ0) is 16.7. The van der Waals surface area contributed by atoms with Crippen molar-refractivity contribution in [1.29, 1.82) is 0 Å². The number of nitrogens with one attached hydrogen (secondary N) is 1. The number of ether oxygens (including phenoxy) is 2. The lowest BCUT2D eigenvalue weighted by Crippen LogP contribution is -2.28. The van der Waals surface area contributed by atoms with E-state index in [2.05, 4.69) is 25.9 Å². The maximum absolute atomic E-state index is 13.0. The fourth-order valence-electron chi connectivity index (χ4n) is 3.08. The number of hydrogen-bond donors (Lipinski definition) is 1. The SMILES string of the molecule is COc1ccc2c(c1)C[C@H](C(=O)c1c[nH]c3cc(Br)ncc13)CO2. The number of fused-ring (bicyclic) bond motifs is 2. The highest BCUT2D eigenvalue weighted by Gasteiger charge is 2.28. The first kappa shape index (κ1) is 15.2. The quantitative estimate of drug-likeness (QED) is 0.549. The number of benzene rings is 1. The number of nitrogens with zero attached hydrogens (tertiary/aromatic N) is 1. The van der Waals surface area contributed by atoms with E-state index in [-0.39, 0.29) is 11.7 Å². The second-order valence-corrected chi connectivity index (χ2v) is 6.62. The predicted octanol–water partition coefficient (Wildman–Crippen LogP) is 3.77. The van der Waals surface area contributed by atoms with Crippen LogP contribution in [0.15, 0.2) is 41.3 Å². The van der Waals surface area contributed by atoms with Crippen molar-refractivity contribution in [3.05, 3.63) is 52.4 Å². The van der Waals surface area contributed by atoms with Crippen LogP contribution in [0.3, 0.4) is 0 Å². The van der Waals surface area contributed by atoms with Crippen molar-refractivity contribution in [3.63, 3.8) is 0 Å². The van der Waals surface area contributed by atoms with Crippen LogP contribution in [-0.4, -0.2) is 29.5 Å². The first-order chi connectivity index (χ1) is 11.7. The fraction of sp³-hybridized carbons (Fsp3) is 0.222. The van der Waals surface area contributed by atoms with E-state index in [0.717, 1.165) is 32.6 Å². The maximum atomic E-state index is 13.0. The van der Waals surface area contributed by atoms with Crippen LogP contribution < -0.4 is 9.47 Å². The number of rotatable bonds is 3. The molecule has 1 atom stereocenters. The third kappa shape index (κ3) is 2.57. The molecule has 0 unspecified atom stereocenters. The average molecular weight is 387 g/mol. The Labute approximate surface area is 147 Å². The number of ketones is 1. The van der Waals surface area contributed by atoms with Crippen LogP contribution in [0, 0.1) is 5.92 Å². The third-order valence-corrected chi connectivity index (χ3v) is 4.78. The summed E-state index contributed by atoms with van der Waals surface area (Å²) in [7, 11) is 1.63. The Morgan fingerprint density at radius 2 is 2.29 bits per heavy atom. The lowest BCUT2D eigenvalue weighted by Gasteiger charge is -2.24. The number of Topliss-reactive ketones (excluding diaryl/α,β-unsaturated/α-hetero) is 1. The Bertz CT molecular complexity index is 935. The summed E-state index contributed by atoms with van der Waals surface area (Å²) in [4.78, 5) is 20.3. The van der Waals surface area contributed by atoms with Crippen molar-refractivity contribution in [3.8, 4) is 11.5 Å². The molecule has 1 aliphatic heterocycles. The van der Waals surface area contributed by atoms with Gasteiger partial charge in [-0.2, -0.15) is 0 Å². The molecular weight excluding hydrogens is 372 g/mol. The van der Waals surface area contributed by atoms with Crippen LogP contribution in [0.4, 0.5) is 0 Å². The molecule has 1 aromatic carbocycles. The summed E-state index contributed by atoms with van der Waals surface area (Å²) >= 11 is 3.34. The molecule has 0 amide bonds. The van der Waals surface area contributed by atoms with Gasteiger partial charge in [0.15, 0.2) is 5.78 Å². The molecule has 4 rings (SSSR count). The van der Waals surface area contributed by atoms with Gasteiger partial charge in [0.1, 0.15) is 16.1 Å². The van der Waals surface area contributed by atoms with E-state index >= 15 is 0 Å². The van der Waals surface area contributed by atoms with Crippen LogP contribution in [0.5, 0.6) is 11.5 Å². The molecule has 1 aliphatic rings. The molecule has 0 fully saturated rings. The number of aromatic amines is 1. The minimum atomic E-state index is -0.216. The van der Waals surface area contributed by atoms with Crippen molar-refractivity contribution in [2.75, 3.05) is 13.7 Å². The monoisotopic (exact) mass is 386 g/mol. The minimum Gasteiger partial charge on any atom is -0.497 e. The van der Waals surface area contributed by atoms with Crippen LogP contribution in [0.1, 0.15) is 15.9 Å². The first-order valence-corrected chi connectivity index (χ1v) is 8.41. The van der Waals surface area contributed by atoms with Gasteiger partial charge in [-0.25, -0.2) is 4.98 Å². The molecule has 0 saturated carbocycles. The van der Waals surface area contributed by atoms with Gasteiger partial charge in [-0.1, -0.05) is 0 Å². The van der Waals surface area contributed by atoms with E-state index in [1.807, 2.05) is 24.3 Å². The van der Waals surface area contributed by atoms with Gasteiger partial charge in [0.25, 0.3) is 0 Å². The lowest BCUT2D eigenvalue weighted by atomic mass is 9.90. The minimum absolute atomic E-state index is 0.0684. The van der Waals surface area contributed by atoms with Crippen molar-refractivity contribution >= 4 is 32.6 Å². The van der Waals surface area contributed by atoms with Gasteiger partial charge in [0.05, 0.1) is 25.2 Å². The predicted molar refractivity (Wildman–Crippen MR) is 93.8 cm³/mol. The van der Waals surface area contributed by atoms with Crippen LogP contribution in [0.2, 0.25) is 0 Å². The average Bonchev–Trinajstić information content (AvgIpc) is 3.03. The van der Waals surface area contributed by atoms with Crippen LogP contribution in [0.25, 0.3) is 10.9 Å². The molecule has 3 aromatic rings. The van der Waals surface area contributed by atoms with Crippen molar-refractivity contribution < 1.29 is 14.3 Å². The maximum Gasteiger partial charge on any atom is 0.171 e. The second kappa shape index (κ2) is 5.94. The normalized spacial score (nSPS) is 16.5.